The Labute approximate surface area is 148 Å². The van der Waals surface area contributed by atoms with Gasteiger partial charge in [0.1, 0.15) is 6.04 Å². The van der Waals surface area contributed by atoms with Crippen LogP contribution in [0.1, 0.15) is 35.5 Å². The molecule has 24 heavy (non-hydrogen) atoms. The molecule has 0 aliphatic carbocycles. The van der Waals surface area contributed by atoms with E-state index in [-0.39, 0.29) is 12.1 Å². The van der Waals surface area contributed by atoms with Crippen LogP contribution in [0.25, 0.3) is 11.4 Å². The van der Waals surface area contributed by atoms with Gasteiger partial charge < -0.3 is 4.52 Å². The summed E-state index contributed by atoms with van der Waals surface area (Å²) >= 11 is 3.52. The molecule has 2 atom stereocenters. The summed E-state index contributed by atoms with van der Waals surface area (Å²) in [7, 11) is 0. The van der Waals surface area contributed by atoms with Gasteiger partial charge in [0.2, 0.25) is 11.7 Å². The molecule has 5 nitrogen and oxygen atoms in total. The van der Waals surface area contributed by atoms with Crippen molar-refractivity contribution < 1.29 is 4.52 Å². The Balaban J connectivity index is 1.53. The van der Waals surface area contributed by atoms with E-state index in [2.05, 4.69) is 49.1 Å². The molecule has 1 aliphatic heterocycles. The maximum Gasteiger partial charge on any atom is 0.245 e. The lowest BCUT2D eigenvalue weighted by atomic mass is 10.0. The molecule has 3 aromatic rings. The van der Waals surface area contributed by atoms with Crippen molar-refractivity contribution in [3.63, 3.8) is 0 Å². The predicted octanol–water partition coefficient (Wildman–Crippen LogP) is 4.09. The monoisotopic (exact) mass is 384 g/mol. The van der Waals surface area contributed by atoms with E-state index in [4.69, 9.17) is 4.52 Å². The van der Waals surface area contributed by atoms with Gasteiger partial charge in [-0.1, -0.05) is 57.5 Å². The summed E-state index contributed by atoms with van der Waals surface area (Å²) < 4.78 is 6.57. The Morgan fingerprint density at radius 1 is 1.08 bits per heavy atom. The second-order valence-corrected chi connectivity index (χ2v) is 6.87. The van der Waals surface area contributed by atoms with E-state index >= 15 is 0 Å². The van der Waals surface area contributed by atoms with Gasteiger partial charge in [-0.3, -0.25) is 0 Å². The lowest BCUT2D eigenvalue weighted by Gasteiger charge is -2.09. The van der Waals surface area contributed by atoms with Gasteiger partial charge in [0.05, 0.1) is 0 Å². The maximum absolute atomic E-state index is 5.49. The summed E-state index contributed by atoms with van der Waals surface area (Å²) in [6.07, 6.45) is 0.853. The number of rotatable bonds is 3. The van der Waals surface area contributed by atoms with E-state index in [1.165, 1.54) is 5.56 Å². The predicted molar refractivity (Wildman–Crippen MR) is 95.0 cm³/mol. The molecule has 1 fully saturated rings. The molecule has 2 unspecified atom stereocenters. The van der Waals surface area contributed by atoms with Crippen molar-refractivity contribution in [1.82, 2.24) is 21.0 Å². The summed E-state index contributed by atoms with van der Waals surface area (Å²) in [5, 5.41) is 4.14. The number of nitrogens with zero attached hydrogens (tertiary/aromatic N) is 2. The molecular formula is C18H17BrN4O. The third-order valence-corrected chi connectivity index (χ3v) is 4.77. The van der Waals surface area contributed by atoms with Gasteiger partial charge in [-0.05, 0) is 36.6 Å². The van der Waals surface area contributed by atoms with Gasteiger partial charge in [-0.25, -0.2) is 10.9 Å². The third-order valence-electron chi connectivity index (χ3n) is 4.28. The summed E-state index contributed by atoms with van der Waals surface area (Å²) in [5.41, 5.74) is 9.93. The SMILES string of the molecule is Cc1ccccc1-c1noc(C2CC(c3cccc(Br)c3)NN2)n1. The van der Waals surface area contributed by atoms with E-state index in [1.54, 1.807) is 0 Å². The summed E-state index contributed by atoms with van der Waals surface area (Å²) in [4.78, 5) is 4.58. The molecule has 0 radical (unpaired) electrons. The molecule has 2 heterocycles. The van der Waals surface area contributed by atoms with Crippen LogP contribution in [-0.4, -0.2) is 10.1 Å². The van der Waals surface area contributed by atoms with Crippen molar-refractivity contribution in [3.05, 3.63) is 70.0 Å². The zero-order chi connectivity index (χ0) is 16.5. The Morgan fingerprint density at radius 2 is 1.92 bits per heavy atom. The van der Waals surface area contributed by atoms with E-state index in [0.29, 0.717) is 11.7 Å². The van der Waals surface area contributed by atoms with Gasteiger partial charge in [-0.2, -0.15) is 4.98 Å². The van der Waals surface area contributed by atoms with Crippen LogP contribution in [0.4, 0.5) is 0 Å². The van der Waals surface area contributed by atoms with Crippen LogP contribution in [-0.2, 0) is 0 Å². The van der Waals surface area contributed by atoms with Crippen molar-refractivity contribution in [2.24, 2.45) is 0 Å². The molecule has 1 aliphatic rings. The van der Waals surface area contributed by atoms with Crippen LogP contribution in [0.15, 0.2) is 57.5 Å². The molecule has 1 saturated heterocycles. The fourth-order valence-electron chi connectivity index (χ4n) is 2.97. The van der Waals surface area contributed by atoms with Crippen molar-refractivity contribution in [2.45, 2.75) is 25.4 Å². The molecule has 6 heteroatoms. The molecule has 2 N–H and O–H groups in total. The van der Waals surface area contributed by atoms with Crippen molar-refractivity contribution in [1.29, 1.82) is 0 Å². The first kappa shape index (κ1) is 15.5. The Bertz CT molecular complexity index is 863. The number of hydrazine groups is 1. The Hall–Kier alpha value is -2.02. The number of halogens is 1. The normalized spacial score (nSPS) is 20.4. The number of hydrogen-bond acceptors (Lipinski definition) is 5. The van der Waals surface area contributed by atoms with Gasteiger partial charge in [0.25, 0.3) is 0 Å². The zero-order valence-corrected chi connectivity index (χ0v) is 14.7. The van der Waals surface area contributed by atoms with Gasteiger partial charge in [-0.15, -0.1) is 0 Å². The lowest BCUT2D eigenvalue weighted by molar-refractivity contribution is 0.340. The fourth-order valence-corrected chi connectivity index (χ4v) is 3.39. The minimum atomic E-state index is -0.000694. The van der Waals surface area contributed by atoms with Crippen LogP contribution in [0.2, 0.25) is 0 Å². The zero-order valence-electron chi connectivity index (χ0n) is 13.2. The van der Waals surface area contributed by atoms with Crippen LogP contribution < -0.4 is 10.9 Å². The topological polar surface area (TPSA) is 63.0 Å². The molecule has 0 bridgehead atoms. The third kappa shape index (κ3) is 3.00. The van der Waals surface area contributed by atoms with E-state index < -0.39 is 0 Å². The Kier molecular flexibility index (Phi) is 4.18. The molecule has 0 spiro atoms. The second-order valence-electron chi connectivity index (χ2n) is 5.96. The highest BCUT2D eigenvalue weighted by molar-refractivity contribution is 9.10. The van der Waals surface area contributed by atoms with Crippen LogP contribution >= 0.6 is 15.9 Å². The highest BCUT2D eigenvalue weighted by Gasteiger charge is 2.30. The average molecular weight is 385 g/mol. The summed E-state index contributed by atoms with van der Waals surface area (Å²) in [6, 6.07) is 16.5. The van der Waals surface area contributed by atoms with Gasteiger partial charge >= 0.3 is 0 Å². The molecular weight excluding hydrogens is 368 g/mol. The molecule has 1 aromatic heterocycles. The lowest BCUT2D eigenvalue weighted by Crippen LogP contribution is -2.26. The molecule has 4 rings (SSSR count). The van der Waals surface area contributed by atoms with Crippen LogP contribution in [0.3, 0.4) is 0 Å². The minimum absolute atomic E-state index is 0.000694. The van der Waals surface area contributed by atoms with Crippen LogP contribution in [0, 0.1) is 6.92 Å². The van der Waals surface area contributed by atoms with E-state index in [9.17, 15) is 0 Å². The minimum Gasteiger partial charge on any atom is -0.337 e. The number of hydrogen-bond donors (Lipinski definition) is 2. The largest absolute Gasteiger partial charge is 0.337 e. The smallest absolute Gasteiger partial charge is 0.245 e. The highest BCUT2D eigenvalue weighted by Crippen LogP contribution is 2.32. The number of benzene rings is 2. The second kappa shape index (κ2) is 6.47. The highest BCUT2D eigenvalue weighted by atomic mass is 79.9. The van der Waals surface area contributed by atoms with Crippen molar-refractivity contribution in [2.75, 3.05) is 0 Å². The van der Waals surface area contributed by atoms with E-state index in [1.807, 2.05) is 43.3 Å². The standard InChI is InChI=1S/C18H17BrN4O/c1-11-5-2-3-8-14(11)17-20-18(24-23-17)16-10-15(21-22-16)12-6-4-7-13(19)9-12/h2-9,15-16,21-22H,10H2,1H3. The summed E-state index contributed by atoms with van der Waals surface area (Å²) in [6.45, 7) is 2.05. The molecule has 0 amide bonds. The first-order valence-corrected chi connectivity index (χ1v) is 8.66. The first-order chi connectivity index (χ1) is 11.7. The number of aryl methyl sites for hydroxylation is 1. The quantitative estimate of drug-likeness (QED) is 0.711. The Morgan fingerprint density at radius 3 is 2.75 bits per heavy atom. The summed E-state index contributed by atoms with van der Waals surface area (Å²) in [5.74, 6) is 1.24. The number of nitrogens with one attached hydrogen (secondary N) is 2. The van der Waals surface area contributed by atoms with Gasteiger partial charge in [0.15, 0.2) is 0 Å². The molecule has 122 valence electrons. The first-order valence-electron chi connectivity index (χ1n) is 7.87. The van der Waals surface area contributed by atoms with Crippen molar-refractivity contribution in [3.8, 4) is 11.4 Å². The van der Waals surface area contributed by atoms with Gasteiger partial charge in [0, 0.05) is 16.1 Å². The van der Waals surface area contributed by atoms with Crippen molar-refractivity contribution >= 4 is 15.9 Å². The van der Waals surface area contributed by atoms with E-state index in [0.717, 1.165) is 22.0 Å². The maximum atomic E-state index is 5.49. The number of aromatic nitrogens is 2. The van der Waals surface area contributed by atoms with Crippen LogP contribution in [0.5, 0.6) is 0 Å². The molecule has 0 saturated carbocycles. The average Bonchev–Trinajstić information content (AvgIpc) is 3.25. The molecule has 2 aromatic carbocycles. The fraction of sp³-hybridized carbons (Fsp3) is 0.222.